The fourth-order valence-electron chi connectivity index (χ4n) is 1.93. The quantitative estimate of drug-likeness (QED) is 0.634. The Morgan fingerprint density at radius 3 is 2.76 bits per heavy atom. The Kier molecular flexibility index (Phi) is 4.48. The van der Waals surface area contributed by atoms with Gasteiger partial charge in [0.1, 0.15) is 0 Å². The van der Waals surface area contributed by atoms with Crippen molar-refractivity contribution in [2.24, 2.45) is 5.10 Å². The molecule has 1 aromatic carbocycles. The third-order valence-electron chi connectivity index (χ3n) is 2.93. The Labute approximate surface area is 136 Å². The van der Waals surface area contributed by atoms with Crippen molar-refractivity contribution in [3.63, 3.8) is 0 Å². The Morgan fingerprint density at radius 1 is 1.24 bits per heavy atom. The Hall–Kier alpha value is -1.50. The maximum atomic E-state index is 11.6. The zero-order chi connectivity index (χ0) is 14.7. The van der Waals surface area contributed by atoms with Crippen molar-refractivity contribution in [1.82, 2.24) is 5.01 Å². The van der Waals surface area contributed by atoms with Crippen molar-refractivity contribution >= 4 is 51.8 Å². The van der Waals surface area contributed by atoms with E-state index < -0.39 is 0 Å². The minimum Gasteiger partial charge on any atom is -0.272 e. The molecule has 0 radical (unpaired) electrons. The van der Waals surface area contributed by atoms with Crippen molar-refractivity contribution in [2.45, 2.75) is 6.42 Å². The van der Waals surface area contributed by atoms with E-state index in [9.17, 15) is 4.79 Å². The second kappa shape index (κ2) is 6.51. The van der Waals surface area contributed by atoms with Crippen LogP contribution >= 0.6 is 35.3 Å². The van der Waals surface area contributed by atoms with Gasteiger partial charge in [-0.1, -0.05) is 54.3 Å². The highest BCUT2D eigenvalue weighted by Gasteiger charge is 2.25. The molecule has 0 unspecified atom stereocenters. The van der Waals surface area contributed by atoms with E-state index in [1.165, 1.54) is 27.2 Å². The van der Waals surface area contributed by atoms with E-state index in [4.69, 9.17) is 12.2 Å². The molecule has 1 aromatic heterocycles. The number of thiocarbonyl (C=S) groups is 1. The first-order valence-corrected chi connectivity index (χ1v) is 8.60. The van der Waals surface area contributed by atoms with Crippen LogP contribution < -0.4 is 0 Å². The molecule has 3 nitrogen and oxygen atoms in total. The van der Waals surface area contributed by atoms with Crippen LogP contribution in [0.1, 0.15) is 15.3 Å². The largest absolute Gasteiger partial charge is 0.272 e. The molecule has 1 saturated heterocycles. The molecule has 106 valence electrons. The highest BCUT2D eigenvalue weighted by Crippen LogP contribution is 2.21. The maximum absolute atomic E-state index is 11.6. The van der Waals surface area contributed by atoms with Crippen LogP contribution in [0.2, 0.25) is 0 Å². The maximum Gasteiger partial charge on any atom is 0.259 e. The average Bonchev–Trinajstić information content (AvgIpc) is 3.06. The Bertz CT molecular complexity index is 678. The molecule has 0 N–H and O–H groups in total. The van der Waals surface area contributed by atoms with Crippen molar-refractivity contribution < 1.29 is 4.79 Å². The summed E-state index contributed by atoms with van der Waals surface area (Å²) in [5.41, 5.74) is 1.29. The predicted octanol–water partition coefficient (Wildman–Crippen LogP) is 3.53. The lowest BCUT2D eigenvalue weighted by Gasteiger charge is -2.05. The second-order valence-corrected chi connectivity index (χ2v) is 7.28. The van der Waals surface area contributed by atoms with E-state index >= 15 is 0 Å². The number of benzene rings is 1. The number of hydrazone groups is 1. The molecule has 6 heteroatoms. The predicted molar refractivity (Wildman–Crippen MR) is 93.1 cm³/mol. The SMILES string of the molecule is O=C1CSC(=S)N1/N=C/c1ccc(Cc2ccccc2)s1. The monoisotopic (exact) mass is 332 g/mol. The van der Waals surface area contributed by atoms with E-state index in [-0.39, 0.29) is 5.91 Å². The van der Waals surface area contributed by atoms with Gasteiger partial charge in [-0.2, -0.15) is 10.1 Å². The molecule has 0 aliphatic carbocycles. The van der Waals surface area contributed by atoms with Gasteiger partial charge in [-0.05, 0) is 17.7 Å². The number of carbonyl (C=O) groups excluding carboxylic acids is 1. The zero-order valence-corrected chi connectivity index (χ0v) is 13.5. The molecule has 0 bridgehead atoms. The summed E-state index contributed by atoms with van der Waals surface area (Å²) in [6.07, 6.45) is 2.62. The van der Waals surface area contributed by atoms with Gasteiger partial charge in [-0.3, -0.25) is 4.79 Å². The van der Waals surface area contributed by atoms with Gasteiger partial charge in [0.25, 0.3) is 5.91 Å². The average molecular weight is 332 g/mol. The molecule has 2 aromatic rings. The summed E-state index contributed by atoms with van der Waals surface area (Å²) in [5, 5.41) is 5.49. The number of hydrogen-bond acceptors (Lipinski definition) is 5. The standard InChI is InChI=1S/C15H12N2OS3/c18-14-10-20-15(19)17(14)16-9-13-7-6-12(21-13)8-11-4-2-1-3-5-11/h1-7,9H,8,10H2/b16-9+. The number of thioether (sulfide) groups is 1. The van der Waals surface area contributed by atoms with E-state index in [1.807, 2.05) is 24.3 Å². The molecule has 21 heavy (non-hydrogen) atoms. The van der Waals surface area contributed by atoms with Gasteiger partial charge in [-0.25, -0.2) is 0 Å². The molecule has 1 aliphatic rings. The summed E-state index contributed by atoms with van der Waals surface area (Å²) in [4.78, 5) is 13.9. The normalized spacial score (nSPS) is 15.3. The summed E-state index contributed by atoms with van der Waals surface area (Å²) >= 11 is 8.11. The molecule has 0 atom stereocenters. The lowest BCUT2D eigenvalue weighted by molar-refractivity contribution is -0.123. The van der Waals surface area contributed by atoms with Gasteiger partial charge in [0.15, 0.2) is 4.32 Å². The smallest absolute Gasteiger partial charge is 0.259 e. The second-order valence-electron chi connectivity index (χ2n) is 4.47. The van der Waals surface area contributed by atoms with Crippen LogP contribution in [0.25, 0.3) is 0 Å². The summed E-state index contributed by atoms with van der Waals surface area (Å²) < 4.78 is 0.525. The van der Waals surface area contributed by atoms with Gasteiger partial charge in [-0.15, -0.1) is 11.3 Å². The highest BCUT2D eigenvalue weighted by atomic mass is 32.2. The first-order chi connectivity index (χ1) is 10.2. The van der Waals surface area contributed by atoms with Crippen LogP contribution in [0.4, 0.5) is 0 Å². The molecule has 1 aliphatic heterocycles. The zero-order valence-electron chi connectivity index (χ0n) is 11.1. The van der Waals surface area contributed by atoms with E-state index in [0.717, 1.165) is 11.3 Å². The van der Waals surface area contributed by atoms with Gasteiger partial charge >= 0.3 is 0 Å². The highest BCUT2D eigenvalue weighted by molar-refractivity contribution is 8.23. The minimum atomic E-state index is -0.0534. The molecular weight excluding hydrogens is 320 g/mol. The fraction of sp³-hybridized carbons (Fsp3) is 0.133. The van der Waals surface area contributed by atoms with E-state index in [1.54, 1.807) is 17.6 Å². The molecule has 1 fully saturated rings. The summed E-state index contributed by atoms with van der Waals surface area (Å²) in [7, 11) is 0. The van der Waals surface area contributed by atoms with Crippen LogP contribution in [0.5, 0.6) is 0 Å². The number of carbonyl (C=O) groups is 1. The summed E-state index contributed by atoms with van der Waals surface area (Å²) in [6, 6.07) is 14.5. The molecule has 1 amide bonds. The molecule has 0 saturated carbocycles. The van der Waals surface area contributed by atoms with Gasteiger partial charge < -0.3 is 0 Å². The number of hydrogen-bond donors (Lipinski definition) is 0. The Morgan fingerprint density at radius 2 is 2.05 bits per heavy atom. The first kappa shape index (κ1) is 14.4. The third kappa shape index (κ3) is 3.58. The molecular formula is C15H12N2OS3. The van der Waals surface area contributed by atoms with Crippen LogP contribution in [-0.2, 0) is 11.2 Å². The summed E-state index contributed by atoms with van der Waals surface area (Å²) in [5.74, 6) is 0.335. The summed E-state index contributed by atoms with van der Waals surface area (Å²) in [6.45, 7) is 0. The number of rotatable bonds is 4. The third-order valence-corrected chi connectivity index (χ3v) is 5.29. The van der Waals surface area contributed by atoms with Crippen molar-refractivity contribution in [2.75, 3.05) is 5.75 Å². The van der Waals surface area contributed by atoms with Gasteiger partial charge in [0, 0.05) is 16.2 Å². The molecule has 2 heterocycles. The fourth-order valence-corrected chi connectivity index (χ4v) is 3.81. The minimum absolute atomic E-state index is 0.0534. The lowest BCUT2D eigenvalue weighted by atomic mass is 10.1. The van der Waals surface area contributed by atoms with E-state index in [0.29, 0.717) is 10.1 Å². The van der Waals surface area contributed by atoms with E-state index in [2.05, 4.69) is 23.3 Å². The van der Waals surface area contributed by atoms with Crippen molar-refractivity contribution in [1.29, 1.82) is 0 Å². The molecule has 3 rings (SSSR count). The molecule has 0 spiro atoms. The van der Waals surface area contributed by atoms with Gasteiger partial charge in [0.05, 0.1) is 12.0 Å². The first-order valence-electron chi connectivity index (χ1n) is 6.39. The Balaban J connectivity index is 1.68. The van der Waals surface area contributed by atoms with Crippen LogP contribution in [0, 0.1) is 0 Å². The number of amides is 1. The topological polar surface area (TPSA) is 32.7 Å². The number of nitrogens with zero attached hydrogens (tertiary/aromatic N) is 2. The van der Waals surface area contributed by atoms with Crippen molar-refractivity contribution in [3.05, 3.63) is 57.8 Å². The lowest BCUT2D eigenvalue weighted by Crippen LogP contribution is -2.22. The van der Waals surface area contributed by atoms with Crippen LogP contribution in [0.3, 0.4) is 0 Å². The van der Waals surface area contributed by atoms with Gasteiger partial charge in [0.2, 0.25) is 0 Å². The van der Waals surface area contributed by atoms with Crippen molar-refractivity contribution in [3.8, 4) is 0 Å². The van der Waals surface area contributed by atoms with Crippen LogP contribution in [0.15, 0.2) is 47.6 Å². The van der Waals surface area contributed by atoms with Crippen LogP contribution in [-0.4, -0.2) is 27.2 Å². The number of thiophene rings is 1.